The molecule has 0 radical (unpaired) electrons. The van der Waals surface area contributed by atoms with Crippen LogP contribution in [-0.4, -0.2) is 53.8 Å². The minimum absolute atomic E-state index is 0.0112. The zero-order valence-corrected chi connectivity index (χ0v) is 17.1. The highest BCUT2D eigenvalue weighted by atomic mass is 19.1. The van der Waals surface area contributed by atoms with Crippen LogP contribution >= 0.6 is 0 Å². The van der Waals surface area contributed by atoms with E-state index < -0.39 is 11.9 Å². The summed E-state index contributed by atoms with van der Waals surface area (Å²) < 4.78 is 20.0. The molecular weight excluding hydrogens is 399 g/mol. The lowest BCUT2D eigenvalue weighted by Crippen LogP contribution is -2.51. The predicted molar refractivity (Wildman–Crippen MR) is 110 cm³/mol. The molecule has 2 aliphatic carbocycles. The van der Waals surface area contributed by atoms with E-state index in [9.17, 15) is 18.8 Å². The lowest BCUT2D eigenvalue weighted by molar-refractivity contribution is -0.138. The van der Waals surface area contributed by atoms with Gasteiger partial charge in [-0.15, -0.1) is 0 Å². The van der Waals surface area contributed by atoms with Crippen molar-refractivity contribution in [2.24, 2.45) is 5.92 Å². The van der Waals surface area contributed by atoms with Crippen molar-refractivity contribution in [1.29, 1.82) is 0 Å². The Morgan fingerprint density at radius 2 is 1.77 bits per heavy atom. The smallest absolute Gasteiger partial charge is 0.339 e. The molecule has 4 aliphatic rings. The van der Waals surface area contributed by atoms with Crippen LogP contribution in [0.25, 0.3) is 0 Å². The molecule has 0 bridgehead atoms. The third kappa shape index (κ3) is 3.80. The van der Waals surface area contributed by atoms with Gasteiger partial charge in [0, 0.05) is 37.7 Å². The fraction of sp³-hybridized carbons (Fsp3) is 0.375. The number of carbonyl (C=O) groups excluding carboxylic acids is 3. The molecule has 0 aromatic heterocycles. The fourth-order valence-corrected chi connectivity index (χ4v) is 4.29. The van der Waals surface area contributed by atoms with E-state index in [1.54, 1.807) is 34.1 Å². The van der Waals surface area contributed by atoms with Gasteiger partial charge in [0.2, 0.25) is 5.91 Å². The number of allylic oxidation sites excluding steroid dienone is 3. The van der Waals surface area contributed by atoms with Crippen LogP contribution in [0.5, 0.6) is 0 Å². The van der Waals surface area contributed by atoms with Crippen LogP contribution in [0.15, 0.2) is 59.5 Å². The first-order valence-corrected chi connectivity index (χ1v) is 10.7. The Labute approximate surface area is 179 Å². The lowest BCUT2D eigenvalue weighted by atomic mass is 9.96. The van der Waals surface area contributed by atoms with Gasteiger partial charge in [0.25, 0.3) is 5.91 Å². The number of piperazine rings is 1. The van der Waals surface area contributed by atoms with Gasteiger partial charge in [0.1, 0.15) is 11.9 Å². The van der Waals surface area contributed by atoms with E-state index in [1.807, 2.05) is 12.1 Å². The monoisotopic (exact) mass is 422 g/mol. The number of halogens is 1. The number of carbonyl (C=O) groups is 3. The second kappa shape index (κ2) is 7.80. The first-order valence-electron chi connectivity index (χ1n) is 10.7. The Morgan fingerprint density at radius 1 is 1.06 bits per heavy atom. The summed E-state index contributed by atoms with van der Waals surface area (Å²) in [7, 11) is 0. The molecule has 160 valence electrons. The van der Waals surface area contributed by atoms with E-state index in [0.29, 0.717) is 38.2 Å². The van der Waals surface area contributed by atoms with Crippen molar-refractivity contribution in [3.8, 4) is 0 Å². The number of hydrogen-bond acceptors (Lipinski definition) is 4. The molecule has 1 saturated heterocycles. The van der Waals surface area contributed by atoms with Gasteiger partial charge in [-0.3, -0.25) is 9.59 Å². The van der Waals surface area contributed by atoms with Crippen LogP contribution in [0.2, 0.25) is 0 Å². The van der Waals surface area contributed by atoms with Crippen molar-refractivity contribution in [1.82, 2.24) is 9.80 Å². The summed E-state index contributed by atoms with van der Waals surface area (Å²) >= 11 is 0. The van der Waals surface area contributed by atoms with Gasteiger partial charge in [-0.25, -0.2) is 9.18 Å². The van der Waals surface area contributed by atoms with Gasteiger partial charge in [-0.05, 0) is 49.1 Å². The molecule has 6 nitrogen and oxygen atoms in total. The molecular formula is C24H23FN2O4. The Bertz CT molecular complexity index is 1050. The van der Waals surface area contributed by atoms with E-state index in [0.717, 1.165) is 24.0 Å². The minimum atomic E-state index is -0.544. The Kier molecular flexibility index (Phi) is 4.96. The van der Waals surface area contributed by atoms with Crippen molar-refractivity contribution in [2.45, 2.75) is 25.4 Å². The number of ether oxygens (including phenoxy) is 1. The van der Waals surface area contributed by atoms with Crippen molar-refractivity contribution in [3.05, 3.63) is 70.6 Å². The molecule has 2 amide bonds. The third-order valence-electron chi connectivity index (χ3n) is 6.23. The van der Waals surface area contributed by atoms with Gasteiger partial charge in [0.05, 0.1) is 11.1 Å². The second-order valence-electron chi connectivity index (χ2n) is 8.36. The summed E-state index contributed by atoms with van der Waals surface area (Å²) in [4.78, 5) is 40.6. The topological polar surface area (TPSA) is 66.9 Å². The number of rotatable bonds is 3. The van der Waals surface area contributed by atoms with Gasteiger partial charge >= 0.3 is 5.97 Å². The quantitative estimate of drug-likeness (QED) is 0.702. The van der Waals surface area contributed by atoms with E-state index >= 15 is 0 Å². The highest BCUT2D eigenvalue weighted by Crippen LogP contribution is 2.35. The molecule has 7 heteroatoms. The number of nitrogens with zero attached hydrogens (tertiary/aromatic N) is 2. The molecule has 2 fully saturated rings. The third-order valence-corrected chi connectivity index (χ3v) is 6.23. The van der Waals surface area contributed by atoms with E-state index in [2.05, 4.69) is 0 Å². The number of cyclic esters (lactones) is 1. The van der Waals surface area contributed by atoms with Crippen LogP contribution in [0.1, 0.15) is 41.3 Å². The van der Waals surface area contributed by atoms with Crippen LogP contribution in [-0.2, 0) is 14.3 Å². The SMILES string of the molecule is O=C1OC(C=C2C=C(C(=O)N3CCN(C(=O)C4CC4)CC3)C(F)=CC2)c2ccccc21. The Hall–Kier alpha value is -3.22. The predicted octanol–water partition coefficient (Wildman–Crippen LogP) is 3.09. The number of hydrogen-bond donors (Lipinski definition) is 0. The molecule has 1 aromatic rings. The average molecular weight is 422 g/mol. The van der Waals surface area contributed by atoms with Gasteiger partial charge < -0.3 is 14.5 Å². The normalized spacial score (nSPS) is 24.5. The average Bonchev–Trinajstić information content (AvgIpc) is 3.60. The molecule has 0 N–H and O–H groups in total. The number of fused-ring (bicyclic) bond motifs is 1. The molecule has 2 heterocycles. The highest BCUT2D eigenvalue weighted by Gasteiger charge is 2.36. The zero-order valence-electron chi connectivity index (χ0n) is 17.1. The van der Waals surface area contributed by atoms with Gasteiger partial charge in [0.15, 0.2) is 0 Å². The molecule has 1 atom stereocenters. The molecule has 1 unspecified atom stereocenters. The van der Waals surface area contributed by atoms with E-state index in [-0.39, 0.29) is 29.3 Å². The Morgan fingerprint density at radius 3 is 2.52 bits per heavy atom. The first kappa shape index (κ1) is 19.7. The lowest BCUT2D eigenvalue weighted by Gasteiger charge is -2.35. The van der Waals surface area contributed by atoms with E-state index in [1.165, 1.54) is 6.08 Å². The highest BCUT2D eigenvalue weighted by molar-refractivity contribution is 5.98. The van der Waals surface area contributed by atoms with Crippen molar-refractivity contribution >= 4 is 17.8 Å². The fourth-order valence-electron chi connectivity index (χ4n) is 4.29. The summed E-state index contributed by atoms with van der Waals surface area (Å²) in [5.74, 6) is -0.962. The minimum Gasteiger partial charge on any atom is -0.450 e. The largest absolute Gasteiger partial charge is 0.450 e. The number of amides is 2. The van der Waals surface area contributed by atoms with Crippen LogP contribution in [0, 0.1) is 5.92 Å². The van der Waals surface area contributed by atoms with E-state index in [4.69, 9.17) is 4.74 Å². The summed E-state index contributed by atoms with van der Waals surface area (Å²) in [6.45, 7) is 1.76. The maximum atomic E-state index is 14.5. The summed E-state index contributed by atoms with van der Waals surface area (Å²) in [6, 6.07) is 7.17. The van der Waals surface area contributed by atoms with Crippen molar-refractivity contribution in [2.75, 3.05) is 26.2 Å². The standard InChI is InChI=1S/C24H23FN2O4/c25-20-8-5-15(14-21-17-3-1-2-4-18(17)24(30)31-21)13-19(20)23(29)27-11-9-26(10-12-27)22(28)16-6-7-16/h1-4,8,13-14,16,21H,5-7,9-12H2. The van der Waals surface area contributed by atoms with Gasteiger partial charge in [-0.2, -0.15) is 0 Å². The summed E-state index contributed by atoms with van der Waals surface area (Å²) in [5, 5.41) is 0. The molecule has 0 spiro atoms. The van der Waals surface area contributed by atoms with Crippen LogP contribution in [0.4, 0.5) is 4.39 Å². The maximum absolute atomic E-state index is 14.5. The van der Waals surface area contributed by atoms with Crippen molar-refractivity contribution < 1.29 is 23.5 Å². The second-order valence-corrected chi connectivity index (χ2v) is 8.36. The summed E-state index contributed by atoms with van der Waals surface area (Å²) in [6.07, 6.45) is 6.39. The Balaban J connectivity index is 1.30. The molecule has 2 aliphatic heterocycles. The van der Waals surface area contributed by atoms with Crippen LogP contribution < -0.4 is 0 Å². The number of esters is 1. The molecule has 31 heavy (non-hydrogen) atoms. The zero-order chi connectivity index (χ0) is 21.5. The summed E-state index contributed by atoms with van der Waals surface area (Å²) in [5.41, 5.74) is 2.03. The number of benzene rings is 1. The molecule has 1 aromatic carbocycles. The van der Waals surface area contributed by atoms with Crippen LogP contribution in [0.3, 0.4) is 0 Å². The van der Waals surface area contributed by atoms with Crippen molar-refractivity contribution in [3.63, 3.8) is 0 Å². The molecule has 1 saturated carbocycles. The molecule has 5 rings (SSSR count). The first-order chi connectivity index (χ1) is 15.0. The van der Waals surface area contributed by atoms with Gasteiger partial charge in [-0.1, -0.05) is 18.2 Å². The maximum Gasteiger partial charge on any atom is 0.339 e.